The molecule has 0 aliphatic heterocycles. The second-order valence-electron chi connectivity index (χ2n) is 5.62. The number of benzene rings is 1. The zero-order valence-corrected chi connectivity index (χ0v) is 16.1. The number of carbonyl (C=O) groups is 3. The summed E-state index contributed by atoms with van der Waals surface area (Å²) in [5.41, 5.74) is 0.785. The van der Waals surface area contributed by atoms with Crippen LogP contribution >= 0.6 is 11.3 Å². The largest absolute Gasteiger partial charge is 0.507 e. The van der Waals surface area contributed by atoms with Crippen LogP contribution in [0.1, 0.15) is 45.0 Å². The Balaban J connectivity index is 2.03. The number of carbonyl (C=O) groups excluding carboxylic acids is 3. The summed E-state index contributed by atoms with van der Waals surface area (Å²) in [6.45, 7) is 4.96. The van der Waals surface area contributed by atoms with E-state index in [9.17, 15) is 19.5 Å². The fraction of sp³-hybridized carbons (Fsp3) is 0.316. The third kappa shape index (κ3) is 5.07. The van der Waals surface area contributed by atoms with Crippen molar-refractivity contribution in [2.45, 2.75) is 27.2 Å². The lowest BCUT2D eigenvalue weighted by molar-refractivity contribution is -0.119. The Morgan fingerprint density at radius 3 is 2.48 bits per heavy atom. The third-order valence-corrected chi connectivity index (χ3v) is 4.87. The van der Waals surface area contributed by atoms with Crippen LogP contribution in [0.5, 0.6) is 5.75 Å². The van der Waals surface area contributed by atoms with Crippen molar-refractivity contribution in [2.75, 3.05) is 18.5 Å². The van der Waals surface area contributed by atoms with Crippen LogP contribution in [0, 0.1) is 6.92 Å². The van der Waals surface area contributed by atoms with Gasteiger partial charge in [-0.15, -0.1) is 11.3 Å². The van der Waals surface area contributed by atoms with Crippen molar-refractivity contribution < 1.29 is 29.0 Å². The molecule has 0 radical (unpaired) electrons. The fourth-order valence-electron chi connectivity index (χ4n) is 2.26. The molecule has 1 heterocycles. The van der Waals surface area contributed by atoms with Gasteiger partial charge in [-0.05, 0) is 38.0 Å². The molecule has 2 N–H and O–H groups in total. The molecular formula is C19H21NO6S. The molecule has 0 aliphatic carbocycles. The topological polar surface area (TPSA) is 102 Å². The summed E-state index contributed by atoms with van der Waals surface area (Å²) >= 11 is 1.26. The fourth-order valence-corrected chi connectivity index (χ4v) is 3.27. The first-order valence-corrected chi connectivity index (χ1v) is 9.24. The SMILES string of the molecule is CCOC(=O)c1cc(CC)sc1NC(=O)COC(=O)c1cccc(C)c1O. The molecule has 1 amide bonds. The third-order valence-electron chi connectivity index (χ3n) is 3.67. The van der Waals surface area contributed by atoms with Crippen LogP contribution in [0.3, 0.4) is 0 Å². The predicted octanol–water partition coefficient (Wildman–Crippen LogP) is 3.30. The van der Waals surface area contributed by atoms with Crippen LogP contribution in [0.2, 0.25) is 0 Å². The zero-order chi connectivity index (χ0) is 20.0. The molecule has 0 aliphatic rings. The van der Waals surface area contributed by atoms with Gasteiger partial charge in [0.1, 0.15) is 16.3 Å². The van der Waals surface area contributed by atoms with Crippen LogP contribution in [0.4, 0.5) is 5.00 Å². The summed E-state index contributed by atoms with van der Waals surface area (Å²) in [6, 6.07) is 6.34. The summed E-state index contributed by atoms with van der Waals surface area (Å²) in [5, 5.41) is 12.8. The minimum absolute atomic E-state index is 0.0144. The first kappa shape index (κ1) is 20.4. The zero-order valence-electron chi connectivity index (χ0n) is 15.3. The number of phenols is 1. The van der Waals surface area contributed by atoms with Gasteiger partial charge in [0, 0.05) is 4.88 Å². The quantitative estimate of drug-likeness (QED) is 0.702. The smallest absolute Gasteiger partial charge is 0.342 e. The number of ether oxygens (including phenoxy) is 2. The summed E-state index contributed by atoms with van der Waals surface area (Å²) in [6.07, 6.45) is 0.703. The van der Waals surface area contributed by atoms with Crippen molar-refractivity contribution in [1.82, 2.24) is 0 Å². The number of hydrogen-bond acceptors (Lipinski definition) is 7. The average molecular weight is 391 g/mol. The highest BCUT2D eigenvalue weighted by molar-refractivity contribution is 7.16. The molecule has 2 rings (SSSR count). The highest BCUT2D eigenvalue weighted by Crippen LogP contribution is 2.29. The molecule has 7 nitrogen and oxygen atoms in total. The van der Waals surface area contributed by atoms with E-state index in [1.807, 2.05) is 6.92 Å². The molecule has 0 spiro atoms. The van der Waals surface area contributed by atoms with E-state index in [2.05, 4.69) is 5.32 Å². The van der Waals surface area contributed by atoms with Crippen molar-refractivity contribution in [3.05, 3.63) is 45.8 Å². The van der Waals surface area contributed by atoms with Crippen molar-refractivity contribution in [1.29, 1.82) is 0 Å². The number of aryl methyl sites for hydroxylation is 2. The number of aromatic hydroxyl groups is 1. The number of para-hydroxylation sites is 1. The van der Waals surface area contributed by atoms with Crippen LogP contribution < -0.4 is 5.32 Å². The van der Waals surface area contributed by atoms with E-state index in [0.29, 0.717) is 17.0 Å². The Hall–Kier alpha value is -2.87. The standard InChI is InChI=1S/C19H21NO6S/c1-4-12-9-14(19(24)25-5-2)17(27-12)20-15(21)10-26-18(23)13-8-6-7-11(3)16(13)22/h6-9,22H,4-5,10H2,1-3H3,(H,20,21). The summed E-state index contributed by atoms with van der Waals surface area (Å²) in [5.74, 6) is -2.10. The van der Waals surface area contributed by atoms with Gasteiger partial charge < -0.3 is 19.9 Å². The summed E-state index contributed by atoms with van der Waals surface area (Å²) in [4.78, 5) is 37.1. The number of rotatable bonds is 7. The number of amides is 1. The van der Waals surface area contributed by atoms with Gasteiger partial charge in [-0.2, -0.15) is 0 Å². The van der Waals surface area contributed by atoms with Gasteiger partial charge >= 0.3 is 11.9 Å². The van der Waals surface area contributed by atoms with E-state index in [0.717, 1.165) is 4.88 Å². The van der Waals surface area contributed by atoms with Gasteiger partial charge in [0.05, 0.1) is 12.2 Å². The van der Waals surface area contributed by atoms with Crippen molar-refractivity contribution in [3.63, 3.8) is 0 Å². The van der Waals surface area contributed by atoms with Crippen molar-refractivity contribution >= 4 is 34.2 Å². The van der Waals surface area contributed by atoms with Crippen LogP contribution in [0.25, 0.3) is 0 Å². The highest BCUT2D eigenvalue weighted by atomic mass is 32.1. The van der Waals surface area contributed by atoms with Crippen LogP contribution in [-0.4, -0.2) is 36.2 Å². The Morgan fingerprint density at radius 2 is 1.81 bits per heavy atom. The molecule has 8 heteroatoms. The maximum atomic E-state index is 12.1. The molecule has 0 saturated heterocycles. The summed E-state index contributed by atoms with van der Waals surface area (Å²) < 4.78 is 9.95. The molecule has 1 aromatic heterocycles. The maximum Gasteiger partial charge on any atom is 0.342 e. The lowest BCUT2D eigenvalue weighted by atomic mass is 10.1. The minimum atomic E-state index is -0.808. The minimum Gasteiger partial charge on any atom is -0.507 e. The first-order valence-electron chi connectivity index (χ1n) is 8.42. The van der Waals surface area contributed by atoms with E-state index in [4.69, 9.17) is 9.47 Å². The Bertz CT molecular complexity index is 858. The van der Waals surface area contributed by atoms with Gasteiger partial charge in [-0.25, -0.2) is 9.59 Å². The first-order chi connectivity index (χ1) is 12.9. The van der Waals surface area contributed by atoms with Gasteiger partial charge in [-0.3, -0.25) is 4.79 Å². The Morgan fingerprint density at radius 1 is 1.11 bits per heavy atom. The predicted molar refractivity (Wildman–Crippen MR) is 101 cm³/mol. The number of anilines is 1. The number of nitrogens with one attached hydrogen (secondary N) is 1. The van der Waals surface area contributed by atoms with E-state index < -0.39 is 24.5 Å². The molecule has 1 aromatic carbocycles. The van der Waals surface area contributed by atoms with Crippen molar-refractivity contribution in [2.24, 2.45) is 0 Å². The molecule has 0 fully saturated rings. The highest BCUT2D eigenvalue weighted by Gasteiger charge is 2.20. The van der Waals surface area contributed by atoms with Crippen LogP contribution in [0.15, 0.2) is 24.3 Å². The second-order valence-corrected chi connectivity index (χ2v) is 6.76. The van der Waals surface area contributed by atoms with E-state index in [1.165, 1.54) is 17.4 Å². The maximum absolute atomic E-state index is 12.1. The van der Waals surface area contributed by atoms with Gasteiger partial charge in [0.15, 0.2) is 6.61 Å². The molecule has 0 atom stereocenters. The number of hydrogen-bond donors (Lipinski definition) is 2. The average Bonchev–Trinajstić information content (AvgIpc) is 3.05. The number of phenolic OH excluding ortho intramolecular Hbond substituents is 1. The van der Waals surface area contributed by atoms with Gasteiger partial charge in [0.25, 0.3) is 5.91 Å². The number of esters is 2. The van der Waals surface area contributed by atoms with E-state index in [-0.39, 0.29) is 23.5 Å². The van der Waals surface area contributed by atoms with Gasteiger partial charge in [-0.1, -0.05) is 19.1 Å². The second kappa shape index (κ2) is 9.18. The Kier molecular flexibility index (Phi) is 6.95. The molecule has 27 heavy (non-hydrogen) atoms. The van der Waals surface area contributed by atoms with Crippen molar-refractivity contribution in [3.8, 4) is 5.75 Å². The van der Waals surface area contributed by atoms with Crippen LogP contribution in [-0.2, 0) is 20.7 Å². The lowest BCUT2D eigenvalue weighted by Crippen LogP contribution is -2.21. The van der Waals surface area contributed by atoms with Gasteiger partial charge in [0.2, 0.25) is 0 Å². The molecule has 0 unspecified atom stereocenters. The molecular weight excluding hydrogens is 370 g/mol. The lowest BCUT2D eigenvalue weighted by Gasteiger charge is -2.08. The molecule has 0 bridgehead atoms. The monoisotopic (exact) mass is 391 g/mol. The molecule has 2 aromatic rings. The van der Waals surface area contributed by atoms with E-state index >= 15 is 0 Å². The Labute approximate surface area is 160 Å². The molecule has 0 saturated carbocycles. The molecule has 144 valence electrons. The van der Waals surface area contributed by atoms with E-state index in [1.54, 1.807) is 32.0 Å². The number of thiophene rings is 1. The normalized spacial score (nSPS) is 10.3. The summed E-state index contributed by atoms with van der Waals surface area (Å²) in [7, 11) is 0.